The number of carbonyl (C=O) groups is 1. The second kappa shape index (κ2) is 4.56. The Bertz CT molecular complexity index is 197. The first kappa shape index (κ1) is 10.3. The molecule has 80 valence electrons. The molecule has 1 amide bonds. The van der Waals surface area contributed by atoms with E-state index in [2.05, 4.69) is 11.8 Å². The van der Waals surface area contributed by atoms with Crippen LogP contribution in [0.15, 0.2) is 0 Å². The molecule has 0 aromatic rings. The summed E-state index contributed by atoms with van der Waals surface area (Å²) in [6.45, 7) is 4.11. The third kappa shape index (κ3) is 2.25. The van der Waals surface area contributed by atoms with Crippen molar-refractivity contribution in [2.24, 2.45) is 11.8 Å². The molecule has 2 nitrogen and oxygen atoms in total. The van der Waals surface area contributed by atoms with E-state index in [1.807, 2.05) is 0 Å². The average molecular weight is 213 g/mol. The van der Waals surface area contributed by atoms with E-state index in [-0.39, 0.29) is 0 Å². The van der Waals surface area contributed by atoms with Crippen molar-refractivity contribution in [1.82, 2.24) is 4.90 Å². The lowest BCUT2D eigenvalue weighted by Gasteiger charge is -2.21. The molecule has 3 heteroatoms. The molecule has 3 rings (SSSR count). The lowest BCUT2D eigenvalue weighted by molar-refractivity contribution is 0.218. The number of fused-ring (bicyclic) bond motifs is 4. The van der Waals surface area contributed by atoms with Gasteiger partial charge in [0.25, 0.3) is 5.24 Å². The van der Waals surface area contributed by atoms with Crippen molar-refractivity contribution >= 4 is 17.0 Å². The van der Waals surface area contributed by atoms with Gasteiger partial charge in [0.05, 0.1) is 0 Å². The number of hydrogen-bond donors (Lipinski definition) is 0. The van der Waals surface area contributed by atoms with Crippen molar-refractivity contribution in [1.29, 1.82) is 0 Å². The molecule has 2 bridgehead atoms. The lowest BCUT2D eigenvalue weighted by Crippen LogP contribution is -2.31. The zero-order valence-corrected chi connectivity index (χ0v) is 9.68. The molecule has 2 aliphatic heterocycles. The summed E-state index contributed by atoms with van der Waals surface area (Å²) in [4.78, 5) is 13.9. The average Bonchev–Trinajstić information content (AvgIpc) is 2.50. The van der Waals surface area contributed by atoms with Crippen molar-refractivity contribution in [2.75, 3.05) is 18.8 Å². The second-order valence-electron chi connectivity index (χ2n) is 4.49. The summed E-state index contributed by atoms with van der Waals surface area (Å²) in [5, 5.41) is 0.311. The molecule has 2 heterocycles. The Kier molecular flexibility index (Phi) is 3.37. The van der Waals surface area contributed by atoms with E-state index in [0.29, 0.717) is 5.24 Å². The van der Waals surface area contributed by atoms with Gasteiger partial charge < -0.3 is 4.90 Å². The quantitative estimate of drug-likeness (QED) is 0.667. The highest BCUT2D eigenvalue weighted by atomic mass is 32.2. The fourth-order valence-corrected chi connectivity index (χ4v) is 3.24. The molecular weight excluding hydrogens is 194 g/mol. The van der Waals surface area contributed by atoms with Gasteiger partial charge in [-0.1, -0.05) is 18.7 Å². The van der Waals surface area contributed by atoms with Gasteiger partial charge in [-0.2, -0.15) is 0 Å². The Balaban J connectivity index is 1.96. The molecule has 1 saturated carbocycles. The fraction of sp³-hybridized carbons (Fsp3) is 0.909. The largest absolute Gasteiger partial charge is 0.333 e. The lowest BCUT2D eigenvalue weighted by atomic mass is 9.84. The number of nitrogens with zero attached hydrogens (tertiary/aromatic N) is 1. The number of rotatable bonds is 1. The molecule has 14 heavy (non-hydrogen) atoms. The molecule has 2 saturated heterocycles. The van der Waals surface area contributed by atoms with E-state index in [4.69, 9.17) is 0 Å². The van der Waals surface area contributed by atoms with Gasteiger partial charge in [0.2, 0.25) is 0 Å². The molecule has 3 aliphatic rings. The maximum Gasteiger partial charge on any atom is 0.281 e. The van der Waals surface area contributed by atoms with Crippen LogP contribution in [0, 0.1) is 11.8 Å². The van der Waals surface area contributed by atoms with Gasteiger partial charge >= 0.3 is 0 Å². The van der Waals surface area contributed by atoms with Crippen LogP contribution in [0.1, 0.15) is 32.6 Å². The van der Waals surface area contributed by atoms with Gasteiger partial charge in [-0.05, 0) is 43.3 Å². The Morgan fingerprint density at radius 1 is 1.21 bits per heavy atom. The van der Waals surface area contributed by atoms with E-state index in [0.717, 1.165) is 30.7 Å². The minimum Gasteiger partial charge on any atom is -0.333 e. The standard InChI is InChI=1S/C11H19NOS/c1-2-14-11(13)12-7-9-3-4-10(8-12)6-5-9/h9-10H,2-8H2,1H3. The van der Waals surface area contributed by atoms with Gasteiger partial charge in [-0.3, -0.25) is 4.79 Å². The van der Waals surface area contributed by atoms with E-state index < -0.39 is 0 Å². The molecule has 3 fully saturated rings. The third-order valence-corrected chi connectivity index (χ3v) is 4.24. The van der Waals surface area contributed by atoms with Crippen LogP contribution in [0.2, 0.25) is 0 Å². The van der Waals surface area contributed by atoms with Crippen LogP contribution in [0.4, 0.5) is 4.79 Å². The minimum absolute atomic E-state index is 0.311. The summed E-state index contributed by atoms with van der Waals surface area (Å²) in [6, 6.07) is 0. The predicted octanol–water partition coefficient (Wildman–Crippen LogP) is 2.98. The summed E-state index contributed by atoms with van der Waals surface area (Å²) < 4.78 is 0. The van der Waals surface area contributed by atoms with Crippen LogP contribution in [-0.4, -0.2) is 29.0 Å². The van der Waals surface area contributed by atoms with Crippen LogP contribution < -0.4 is 0 Å². The first-order valence-corrected chi connectivity index (χ1v) is 6.70. The number of thioether (sulfide) groups is 1. The van der Waals surface area contributed by atoms with E-state index >= 15 is 0 Å². The van der Waals surface area contributed by atoms with Crippen molar-refractivity contribution in [3.8, 4) is 0 Å². The minimum atomic E-state index is 0.311. The first-order valence-electron chi connectivity index (χ1n) is 5.71. The molecule has 1 aliphatic carbocycles. The van der Waals surface area contributed by atoms with Crippen molar-refractivity contribution in [2.45, 2.75) is 32.6 Å². The zero-order valence-electron chi connectivity index (χ0n) is 8.87. The molecule has 0 aromatic carbocycles. The zero-order chi connectivity index (χ0) is 9.97. The molecule has 0 N–H and O–H groups in total. The highest BCUT2D eigenvalue weighted by Gasteiger charge is 2.31. The summed E-state index contributed by atoms with van der Waals surface area (Å²) in [5.41, 5.74) is 0. The Hall–Kier alpha value is -0.180. The van der Waals surface area contributed by atoms with Gasteiger partial charge in [0.15, 0.2) is 0 Å². The van der Waals surface area contributed by atoms with Gasteiger partial charge in [-0.25, -0.2) is 0 Å². The van der Waals surface area contributed by atoms with E-state index in [9.17, 15) is 4.79 Å². The highest BCUT2D eigenvalue weighted by Crippen LogP contribution is 2.34. The Morgan fingerprint density at radius 2 is 1.71 bits per heavy atom. The maximum atomic E-state index is 11.8. The van der Waals surface area contributed by atoms with Crippen LogP contribution in [-0.2, 0) is 0 Å². The number of carbonyl (C=O) groups excluding carboxylic acids is 1. The van der Waals surface area contributed by atoms with E-state index in [1.165, 1.54) is 37.4 Å². The van der Waals surface area contributed by atoms with Crippen LogP contribution in [0.25, 0.3) is 0 Å². The normalized spacial score (nSPS) is 31.6. The molecule has 0 atom stereocenters. The van der Waals surface area contributed by atoms with Gasteiger partial charge in [-0.15, -0.1) is 0 Å². The van der Waals surface area contributed by atoms with E-state index in [1.54, 1.807) is 0 Å². The molecule has 0 radical (unpaired) electrons. The smallest absolute Gasteiger partial charge is 0.281 e. The van der Waals surface area contributed by atoms with Crippen LogP contribution >= 0.6 is 11.8 Å². The van der Waals surface area contributed by atoms with Crippen molar-refractivity contribution in [3.63, 3.8) is 0 Å². The Labute approximate surface area is 90.4 Å². The molecular formula is C11H19NOS. The predicted molar refractivity (Wildman–Crippen MR) is 60.5 cm³/mol. The molecule has 0 aromatic heterocycles. The fourth-order valence-electron chi connectivity index (χ4n) is 2.66. The maximum absolute atomic E-state index is 11.8. The van der Waals surface area contributed by atoms with Crippen molar-refractivity contribution < 1.29 is 4.79 Å². The van der Waals surface area contributed by atoms with Crippen LogP contribution in [0.3, 0.4) is 0 Å². The molecule has 0 spiro atoms. The summed E-state index contributed by atoms with van der Waals surface area (Å²) in [6.07, 6.45) is 5.41. The Morgan fingerprint density at radius 3 is 2.14 bits per heavy atom. The SMILES string of the molecule is CCSC(=O)N1CC2CCC(CC2)C1. The number of hydrogen-bond acceptors (Lipinski definition) is 2. The van der Waals surface area contributed by atoms with Crippen molar-refractivity contribution in [3.05, 3.63) is 0 Å². The molecule has 0 unspecified atom stereocenters. The van der Waals surface area contributed by atoms with Gasteiger partial charge in [0, 0.05) is 13.1 Å². The topological polar surface area (TPSA) is 20.3 Å². The monoisotopic (exact) mass is 213 g/mol. The van der Waals surface area contributed by atoms with Gasteiger partial charge in [0.1, 0.15) is 0 Å². The summed E-state index contributed by atoms with van der Waals surface area (Å²) >= 11 is 1.47. The van der Waals surface area contributed by atoms with Crippen LogP contribution in [0.5, 0.6) is 0 Å². The second-order valence-corrected chi connectivity index (χ2v) is 5.71. The third-order valence-electron chi connectivity index (χ3n) is 3.45. The summed E-state index contributed by atoms with van der Waals surface area (Å²) in [7, 11) is 0. The highest BCUT2D eigenvalue weighted by molar-refractivity contribution is 8.13. The summed E-state index contributed by atoms with van der Waals surface area (Å²) in [5.74, 6) is 2.51. The first-order chi connectivity index (χ1) is 6.79. The number of amides is 1.